The summed E-state index contributed by atoms with van der Waals surface area (Å²) < 4.78 is 0.837. The Morgan fingerprint density at radius 2 is 1.90 bits per heavy atom. The van der Waals surface area contributed by atoms with Gasteiger partial charge in [0.1, 0.15) is 0 Å². The fourth-order valence-corrected chi connectivity index (χ4v) is 3.05. The largest absolute Gasteiger partial charge is 0.478 e. The molecule has 0 unspecified atom stereocenters. The molecule has 0 radical (unpaired) electrons. The molecule has 2 N–H and O–H groups in total. The van der Waals surface area contributed by atoms with Crippen LogP contribution in [0, 0.1) is 15.4 Å². The van der Waals surface area contributed by atoms with Gasteiger partial charge in [-0.3, -0.25) is 4.79 Å². The summed E-state index contributed by atoms with van der Waals surface area (Å²) >= 11 is 2.06. The average Bonchev–Trinajstić information content (AvgIpc) is 2.41. The van der Waals surface area contributed by atoms with Crippen molar-refractivity contribution in [3.8, 4) is 0 Å². The summed E-state index contributed by atoms with van der Waals surface area (Å²) in [6, 6.07) is 5.03. The maximum absolute atomic E-state index is 12.2. The number of halogens is 1. The fraction of sp³-hybridized carbons (Fsp3) is 0.467. The predicted molar refractivity (Wildman–Crippen MR) is 85.9 cm³/mol. The van der Waals surface area contributed by atoms with E-state index < -0.39 is 5.97 Å². The zero-order chi connectivity index (χ0) is 14.7. The molecule has 0 saturated heterocycles. The molecule has 108 valence electrons. The quantitative estimate of drug-likeness (QED) is 0.777. The molecule has 2 rings (SSSR count). The van der Waals surface area contributed by atoms with Crippen LogP contribution in [0.25, 0.3) is 0 Å². The minimum absolute atomic E-state index is 0.00660. The molecule has 1 amide bonds. The lowest BCUT2D eigenvalue weighted by Gasteiger charge is -2.25. The first-order chi connectivity index (χ1) is 9.47. The van der Waals surface area contributed by atoms with Crippen LogP contribution in [0.4, 0.5) is 5.69 Å². The van der Waals surface area contributed by atoms with E-state index in [1.807, 2.05) is 0 Å². The number of carboxylic acid groups (broad SMARTS) is 1. The number of hydrogen-bond acceptors (Lipinski definition) is 2. The van der Waals surface area contributed by atoms with Gasteiger partial charge in [-0.2, -0.15) is 0 Å². The SMILES string of the molecule is CC1CCC(C(=O)Nc2ccc(I)cc2C(=O)O)CC1. The molecule has 1 fully saturated rings. The van der Waals surface area contributed by atoms with E-state index in [2.05, 4.69) is 34.8 Å². The van der Waals surface area contributed by atoms with E-state index >= 15 is 0 Å². The Kier molecular flexibility index (Phi) is 5.01. The van der Waals surface area contributed by atoms with Crippen molar-refractivity contribution in [2.24, 2.45) is 11.8 Å². The molecule has 1 aromatic rings. The van der Waals surface area contributed by atoms with Crippen LogP contribution in [0.2, 0.25) is 0 Å². The van der Waals surface area contributed by atoms with Gasteiger partial charge in [0.15, 0.2) is 0 Å². The maximum atomic E-state index is 12.2. The number of anilines is 1. The zero-order valence-corrected chi connectivity index (χ0v) is 13.5. The van der Waals surface area contributed by atoms with Gasteiger partial charge in [-0.15, -0.1) is 0 Å². The molecule has 5 heteroatoms. The Morgan fingerprint density at radius 1 is 1.25 bits per heavy atom. The highest BCUT2D eigenvalue weighted by atomic mass is 127. The Morgan fingerprint density at radius 3 is 2.50 bits per heavy atom. The van der Waals surface area contributed by atoms with Crippen molar-refractivity contribution in [1.82, 2.24) is 0 Å². The van der Waals surface area contributed by atoms with Crippen LogP contribution in [0.15, 0.2) is 18.2 Å². The van der Waals surface area contributed by atoms with Crippen LogP contribution in [0.1, 0.15) is 43.0 Å². The van der Waals surface area contributed by atoms with Gasteiger partial charge in [-0.05, 0) is 72.4 Å². The van der Waals surface area contributed by atoms with Gasteiger partial charge in [0.05, 0.1) is 11.3 Å². The van der Waals surface area contributed by atoms with E-state index in [0.29, 0.717) is 11.6 Å². The monoisotopic (exact) mass is 387 g/mol. The minimum atomic E-state index is -1.02. The van der Waals surface area contributed by atoms with Crippen molar-refractivity contribution in [1.29, 1.82) is 0 Å². The van der Waals surface area contributed by atoms with Gasteiger partial charge in [-0.25, -0.2) is 4.79 Å². The predicted octanol–water partition coefficient (Wildman–Crippen LogP) is 3.75. The average molecular weight is 387 g/mol. The third kappa shape index (κ3) is 3.71. The molecule has 0 atom stereocenters. The van der Waals surface area contributed by atoms with Crippen molar-refractivity contribution in [2.45, 2.75) is 32.6 Å². The summed E-state index contributed by atoms with van der Waals surface area (Å²) in [6.07, 6.45) is 3.91. The van der Waals surface area contributed by atoms with E-state index in [4.69, 9.17) is 0 Å². The summed E-state index contributed by atoms with van der Waals surface area (Å²) in [5.41, 5.74) is 0.538. The Bertz CT molecular complexity index is 522. The molecule has 0 bridgehead atoms. The van der Waals surface area contributed by atoms with E-state index in [0.717, 1.165) is 29.3 Å². The number of amides is 1. The smallest absolute Gasteiger partial charge is 0.337 e. The molecule has 0 spiro atoms. The number of carbonyl (C=O) groups is 2. The molecule has 1 aliphatic carbocycles. The van der Waals surface area contributed by atoms with Crippen LogP contribution in [0.5, 0.6) is 0 Å². The summed E-state index contributed by atoms with van der Waals surface area (Å²) in [5, 5.41) is 12.0. The topological polar surface area (TPSA) is 66.4 Å². The van der Waals surface area contributed by atoms with Crippen LogP contribution in [-0.4, -0.2) is 17.0 Å². The number of aromatic carboxylic acids is 1. The van der Waals surface area contributed by atoms with Crippen LogP contribution in [0.3, 0.4) is 0 Å². The molecule has 0 aromatic heterocycles. The van der Waals surface area contributed by atoms with Crippen LogP contribution in [-0.2, 0) is 4.79 Å². The molecule has 0 aliphatic heterocycles. The summed E-state index contributed by atoms with van der Waals surface area (Å²) in [7, 11) is 0. The Hall–Kier alpha value is -1.11. The van der Waals surface area contributed by atoms with Gasteiger partial charge in [0.25, 0.3) is 0 Å². The van der Waals surface area contributed by atoms with Crippen molar-refractivity contribution in [3.63, 3.8) is 0 Å². The van der Waals surface area contributed by atoms with Gasteiger partial charge in [0, 0.05) is 9.49 Å². The second kappa shape index (κ2) is 6.56. The Balaban J connectivity index is 2.10. The van der Waals surface area contributed by atoms with Crippen molar-refractivity contribution in [2.75, 3.05) is 5.32 Å². The van der Waals surface area contributed by atoms with E-state index in [9.17, 15) is 14.7 Å². The molecule has 0 heterocycles. The third-order valence-corrected chi connectivity index (χ3v) is 4.53. The molecule has 20 heavy (non-hydrogen) atoms. The van der Waals surface area contributed by atoms with Crippen molar-refractivity contribution in [3.05, 3.63) is 27.3 Å². The fourth-order valence-electron chi connectivity index (χ4n) is 2.56. The highest BCUT2D eigenvalue weighted by molar-refractivity contribution is 14.1. The van der Waals surface area contributed by atoms with Gasteiger partial charge < -0.3 is 10.4 Å². The highest BCUT2D eigenvalue weighted by Crippen LogP contribution is 2.29. The number of benzene rings is 1. The minimum Gasteiger partial charge on any atom is -0.478 e. The number of hydrogen-bond donors (Lipinski definition) is 2. The standard InChI is InChI=1S/C15H18INO3/c1-9-2-4-10(5-3-9)14(18)17-13-7-6-11(16)8-12(13)15(19)20/h6-10H,2-5H2,1H3,(H,17,18)(H,19,20). The second-order valence-corrected chi connectivity index (χ2v) is 6.69. The molecular weight excluding hydrogens is 369 g/mol. The molecule has 1 aromatic carbocycles. The first-order valence-corrected chi connectivity index (χ1v) is 7.89. The third-order valence-electron chi connectivity index (χ3n) is 3.86. The van der Waals surface area contributed by atoms with Crippen LogP contribution >= 0.6 is 22.6 Å². The van der Waals surface area contributed by atoms with E-state index in [1.54, 1.807) is 18.2 Å². The molecular formula is C15H18INO3. The lowest BCUT2D eigenvalue weighted by Crippen LogP contribution is -2.27. The lowest BCUT2D eigenvalue weighted by atomic mass is 9.82. The number of carboxylic acids is 1. The number of carbonyl (C=O) groups excluding carboxylic acids is 1. The summed E-state index contributed by atoms with van der Waals surface area (Å²) in [4.78, 5) is 23.4. The lowest BCUT2D eigenvalue weighted by molar-refractivity contribution is -0.121. The summed E-state index contributed by atoms with van der Waals surface area (Å²) in [5.74, 6) is -0.379. The first kappa shape index (κ1) is 15.3. The summed E-state index contributed by atoms with van der Waals surface area (Å²) in [6.45, 7) is 2.20. The second-order valence-electron chi connectivity index (χ2n) is 5.44. The zero-order valence-electron chi connectivity index (χ0n) is 11.4. The molecule has 1 aliphatic rings. The number of nitrogens with one attached hydrogen (secondary N) is 1. The van der Waals surface area contributed by atoms with Crippen molar-refractivity contribution < 1.29 is 14.7 Å². The van der Waals surface area contributed by atoms with Crippen LogP contribution < -0.4 is 5.32 Å². The molecule has 1 saturated carbocycles. The van der Waals surface area contributed by atoms with E-state index in [-0.39, 0.29) is 17.4 Å². The molecule has 4 nitrogen and oxygen atoms in total. The van der Waals surface area contributed by atoms with E-state index in [1.165, 1.54) is 0 Å². The van der Waals surface area contributed by atoms with Gasteiger partial charge in [0.2, 0.25) is 5.91 Å². The van der Waals surface area contributed by atoms with Gasteiger partial charge in [-0.1, -0.05) is 6.92 Å². The highest BCUT2D eigenvalue weighted by Gasteiger charge is 2.25. The maximum Gasteiger partial charge on any atom is 0.337 e. The first-order valence-electron chi connectivity index (χ1n) is 6.81. The van der Waals surface area contributed by atoms with Gasteiger partial charge >= 0.3 is 5.97 Å². The normalized spacial score (nSPS) is 22.3. The Labute approximate surface area is 132 Å². The number of rotatable bonds is 3. The van der Waals surface area contributed by atoms with Crippen molar-refractivity contribution >= 4 is 40.2 Å².